The molecule has 0 aliphatic rings. The van der Waals surface area contributed by atoms with Crippen LogP contribution in [-0.2, 0) is 6.61 Å². The number of hydrogen-bond donors (Lipinski definition) is 1. The number of esters is 1. The molecule has 0 heterocycles. The smallest absolute Gasteiger partial charge is 0.343 e. The maximum absolute atomic E-state index is 12.4. The first kappa shape index (κ1) is 24.7. The van der Waals surface area contributed by atoms with E-state index in [1.54, 1.807) is 60.7 Å². The lowest BCUT2D eigenvalue weighted by atomic mass is 10.1. The summed E-state index contributed by atoms with van der Waals surface area (Å²) in [7, 11) is 0. The number of carbonyl (C=O) groups excluding carboxylic acids is 2. The van der Waals surface area contributed by atoms with Gasteiger partial charge in [-0.1, -0.05) is 41.4 Å². The lowest BCUT2D eigenvalue weighted by Crippen LogP contribution is -2.17. The minimum Gasteiger partial charge on any atom is -0.489 e. The molecule has 0 bridgehead atoms. The van der Waals surface area contributed by atoms with Crippen LogP contribution in [0.15, 0.2) is 102 Å². The topological polar surface area (TPSA) is 77.0 Å². The van der Waals surface area contributed by atoms with Crippen molar-refractivity contribution >= 4 is 29.7 Å². The maximum atomic E-state index is 12.4. The molecule has 0 unspecified atom stereocenters. The van der Waals surface area contributed by atoms with Gasteiger partial charge < -0.3 is 9.47 Å². The van der Waals surface area contributed by atoms with E-state index in [9.17, 15) is 9.59 Å². The normalized spacial score (nSPS) is 10.7. The molecule has 36 heavy (non-hydrogen) atoms. The fraction of sp³-hybridized carbons (Fsp3) is 0.0690. The van der Waals surface area contributed by atoms with Gasteiger partial charge in [0.25, 0.3) is 5.91 Å². The van der Waals surface area contributed by atoms with Crippen LogP contribution < -0.4 is 14.9 Å². The summed E-state index contributed by atoms with van der Waals surface area (Å²) >= 11 is 5.89. The van der Waals surface area contributed by atoms with E-state index in [1.807, 2.05) is 43.3 Å². The lowest BCUT2D eigenvalue weighted by molar-refractivity contribution is 0.0734. The Kier molecular flexibility index (Phi) is 8.11. The zero-order chi connectivity index (χ0) is 25.3. The average molecular weight is 499 g/mol. The number of amides is 1. The summed E-state index contributed by atoms with van der Waals surface area (Å²) in [4.78, 5) is 24.6. The number of nitrogens with zero attached hydrogens (tertiary/aromatic N) is 1. The molecule has 0 radical (unpaired) electrons. The number of rotatable bonds is 8. The van der Waals surface area contributed by atoms with E-state index in [1.165, 1.54) is 6.21 Å². The third-order valence-corrected chi connectivity index (χ3v) is 5.44. The van der Waals surface area contributed by atoms with E-state index in [4.69, 9.17) is 21.1 Å². The Hall–Kier alpha value is -4.42. The molecule has 7 heteroatoms. The van der Waals surface area contributed by atoms with Gasteiger partial charge in [0.15, 0.2) is 0 Å². The molecular weight excluding hydrogens is 476 g/mol. The molecule has 1 N–H and O–H groups in total. The second-order valence-corrected chi connectivity index (χ2v) is 8.40. The van der Waals surface area contributed by atoms with E-state index in [0.29, 0.717) is 34.3 Å². The van der Waals surface area contributed by atoms with Gasteiger partial charge in [0.2, 0.25) is 0 Å². The maximum Gasteiger partial charge on any atom is 0.343 e. The van der Waals surface area contributed by atoms with Crippen molar-refractivity contribution in [1.29, 1.82) is 0 Å². The fourth-order valence-electron chi connectivity index (χ4n) is 3.16. The summed E-state index contributed by atoms with van der Waals surface area (Å²) in [6.07, 6.45) is 1.51. The minimum absolute atomic E-state index is 0.348. The van der Waals surface area contributed by atoms with Crippen molar-refractivity contribution < 1.29 is 19.1 Å². The van der Waals surface area contributed by atoms with Crippen LogP contribution >= 0.6 is 11.6 Å². The van der Waals surface area contributed by atoms with Crippen LogP contribution in [0.3, 0.4) is 0 Å². The zero-order valence-corrected chi connectivity index (χ0v) is 20.2. The predicted octanol–water partition coefficient (Wildman–Crippen LogP) is 6.21. The molecule has 4 aromatic carbocycles. The SMILES string of the molecule is Cc1ccc(C(=O)Oc2ccc(/C=N/NC(=O)c3ccc(OCc4ccc(Cl)cc4)cc3)cc2)cc1. The first-order chi connectivity index (χ1) is 17.5. The van der Waals surface area contributed by atoms with Gasteiger partial charge in [0.05, 0.1) is 11.8 Å². The predicted molar refractivity (Wildman–Crippen MR) is 140 cm³/mol. The van der Waals surface area contributed by atoms with Gasteiger partial charge in [0.1, 0.15) is 18.1 Å². The van der Waals surface area contributed by atoms with Crippen molar-refractivity contribution in [2.24, 2.45) is 5.10 Å². The lowest BCUT2D eigenvalue weighted by Gasteiger charge is -2.07. The molecular formula is C29H23ClN2O4. The summed E-state index contributed by atoms with van der Waals surface area (Å²) < 4.78 is 11.1. The molecule has 0 spiro atoms. The molecule has 4 aromatic rings. The number of halogens is 1. The third-order valence-electron chi connectivity index (χ3n) is 5.19. The second-order valence-electron chi connectivity index (χ2n) is 7.96. The third kappa shape index (κ3) is 7.04. The first-order valence-electron chi connectivity index (χ1n) is 11.2. The molecule has 180 valence electrons. The van der Waals surface area contributed by atoms with E-state index in [2.05, 4.69) is 10.5 Å². The molecule has 0 saturated carbocycles. The summed E-state index contributed by atoms with van der Waals surface area (Å²) in [6, 6.07) is 28.2. The largest absolute Gasteiger partial charge is 0.489 e. The van der Waals surface area contributed by atoms with Gasteiger partial charge in [-0.05, 0) is 90.8 Å². The Labute approximate surface area is 214 Å². The summed E-state index contributed by atoms with van der Waals surface area (Å²) in [5.74, 6) is 0.289. The Morgan fingerprint density at radius 3 is 2.08 bits per heavy atom. The Morgan fingerprint density at radius 2 is 1.42 bits per heavy atom. The molecule has 0 saturated heterocycles. The van der Waals surface area contributed by atoms with Crippen molar-refractivity contribution in [3.05, 3.63) is 130 Å². The molecule has 6 nitrogen and oxygen atoms in total. The number of aryl methyl sites for hydroxylation is 1. The molecule has 1 amide bonds. The highest BCUT2D eigenvalue weighted by Crippen LogP contribution is 2.16. The van der Waals surface area contributed by atoms with Gasteiger partial charge >= 0.3 is 5.97 Å². The second kappa shape index (κ2) is 11.8. The van der Waals surface area contributed by atoms with E-state index < -0.39 is 5.97 Å². The van der Waals surface area contributed by atoms with Crippen molar-refractivity contribution in [3.63, 3.8) is 0 Å². The monoisotopic (exact) mass is 498 g/mol. The van der Waals surface area contributed by atoms with Crippen LogP contribution in [0.5, 0.6) is 11.5 Å². The molecule has 4 rings (SSSR count). The van der Waals surface area contributed by atoms with E-state index in [0.717, 1.165) is 16.7 Å². The number of hydrazone groups is 1. The summed E-state index contributed by atoms with van der Waals surface area (Å²) in [6.45, 7) is 2.35. The van der Waals surface area contributed by atoms with Crippen molar-refractivity contribution in [2.75, 3.05) is 0 Å². The molecule has 0 aromatic heterocycles. The Bertz CT molecular complexity index is 1350. The zero-order valence-electron chi connectivity index (χ0n) is 19.5. The van der Waals surface area contributed by atoms with Crippen LogP contribution in [-0.4, -0.2) is 18.1 Å². The van der Waals surface area contributed by atoms with Crippen LogP contribution in [0.25, 0.3) is 0 Å². The minimum atomic E-state index is -0.426. The number of nitrogens with one attached hydrogen (secondary N) is 1. The van der Waals surface area contributed by atoms with Gasteiger partial charge in [0, 0.05) is 10.6 Å². The molecule has 0 aliphatic heterocycles. The first-order valence-corrected chi connectivity index (χ1v) is 11.5. The summed E-state index contributed by atoms with van der Waals surface area (Å²) in [5.41, 5.74) is 6.22. The van der Waals surface area contributed by atoms with Crippen LogP contribution in [0.1, 0.15) is 37.4 Å². The van der Waals surface area contributed by atoms with Crippen molar-refractivity contribution in [3.8, 4) is 11.5 Å². The standard InChI is InChI=1S/C29H23ClN2O4/c1-20-2-8-24(9-3-20)29(34)36-27-14-6-21(7-15-27)18-31-32-28(33)23-10-16-26(17-11-23)35-19-22-4-12-25(30)13-5-22/h2-18H,19H2,1H3,(H,32,33)/b31-18+. The number of hydrogen-bond acceptors (Lipinski definition) is 5. The van der Waals surface area contributed by atoms with Gasteiger partial charge in [-0.25, -0.2) is 10.2 Å². The fourth-order valence-corrected chi connectivity index (χ4v) is 3.28. The van der Waals surface area contributed by atoms with Gasteiger partial charge in [-0.2, -0.15) is 5.10 Å². The van der Waals surface area contributed by atoms with E-state index in [-0.39, 0.29) is 5.91 Å². The number of carbonyl (C=O) groups is 2. The molecule has 0 aliphatic carbocycles. The molecule has 0 atom stereocenters. The van der Waals surface area contributed by atoms with Gasteiger partial charge in [-0.3, -0.25) is 4.79 Å². The highest BCUT2D eigenvalue weighted by Gasteiger charge is 2.08. The average Bonchev–Trinajstić information content (AvgIpc) is 2.90. The van der Waals surface area contributed by atoms with Gasteiger partial charge in [-0.15, -0.1) is 0 Å². The van der Waals surface area contributed by atoms with Crippen molar-refractivity contribution in [2.45, 2.75) is 13.5 Å². The quantitative estimate of drug-likeness (QED) is 0.135. The Balaban J connectivity index is 1.25. The number of benzene rings is 4. The molecule has 0 fully saturated rings. The number of ether oxygens (including phenoxy) is 2. The van der Waals surface area contributed by atoms with Crippen LogP contribution in [0.2, 0.25) is 5.02 Å². The van der Waals surface area contributed by atoms with E-state index >= 15 is 0 Å². The highest BCUT2D eigenvalue weighted by atomic mass is 35.5. The summed E-state index contributed by atoms with van der Waals surface area (Å²) in [5, 5.41) is 4.67. The Morgan fingerprint density at radius 1 is 0.806 bits per heavy atom. The van der Waals surface area contributed by atoms with Crippen molar-refractivity contribution in [1.82, 2.24) is 5.43 Å². The van der Waals surface area contributed by atoms with Crippen LogP contribution in [0, 0.1) is 6.92 Å². The highest BCUT2D eigenvalue weighted by molar-refractivity contribution is 6.30. The van der Waals surface area contributed by atoms with Crippen LogP contribution in [0.4, 0.5) is 0 Å².